The Kier molecular flexibility index (Phi) is 1.75. The van der Waals surface area contributed by atoms with Gasteiger partial charge in [-0.05, 0) is 25.3 Å². The summed E-state index contributed by atoms with van der Waals surface area (Å²) in [5.74, 6) is 0.560. The predicted octanol–water partition coefficient (Wildman–Crippen LogP) is 1.53. The molecule has 1 aliphatic carbocycles. The van der Waals surface area contributed by atoms with Gasteiger partial charge in [-0.25, -0.2) is 9.07 Å². The molecular formula is C8H12FN3. The van der Waals surface area contributed by atoms with E-state index in [4.69, 9.17) is 5.73 Å². The molecule has 3 nitrogen and oxygen atoms in total. The first kappa shape index (κ1) is 7.58. The zero-order chi connectivity index (χ0) is 8.55. The second-order valence-electron chi connectivity index (χ2n) is 3.21. The van der Waals surface area contributed by atoms with E-state index < -0.39 is 6.17 Å². The molecule has 2 rings (SSSR count). The van der Waals surface area contributed by atoms with Crippen molar-refractivity contribution in [3.05, 3.63) is 12.3 Å². The normalized spacial score (nSPS) is 29.4. The molecule has 0 spiro atoms. The van der Waals surface area contributed by atoms with E-state index in [1.165, 1.54) is 0 Å². The molecule has 0 aromatic carbocycles. The molecule has 4 heteroatoms. The lowest BCUT2D eigenvalue weighted by Crippen LogP contribution is -2.17. The number of hydrogen-bond acceptors (Lipinski definition) is 2. The average molecular weight is 169 g/mol. The quantitative estimate of drug-likeness (QED) is 0.692. The lowest BCUT2D eigenvalue weighted by molar-refractivity contribution is 0.252. The third kappa shape index (κ3) is 1.07. The van der Waals surface area contributed by atoms with Crippen molar-refractivity contribution >= 4 is 5.82 Å². The Hall–Kier alpha value is -1.06. The van der Waals surface area contributed by atoms with Gasteiger partial charge in [-0.1, -0.05) is 0 Å². The average Bonchev–Trinajstić information content (AvgIpc) is 2.59. The van der Waals surface area contributed by atoms with Crippen molar-refractivity contribution in [2.24, 2.45) is 0 Å². The van der Waals surface area contributed by atoms with Crippen molar-refractivity contribution < 1.29 is 4.39 Å². The number of nitrogen functional groups attached to an aromatic ring is 1. The smallest absolute Gasteiger partial charge is 0.123 e. The van der Waals surface area contributed by atoms with Gasteiger partial charge in [0.25, 0.3) is 0 Å². The van der Waals surface area contributed by atoms with Gasteiger partial charge in [0, 0.05) is 0 Å². The summed E-state index contributed by atoms with van der Waals surface area (Å²) >= 11 is 0. The van der Waals surface area contributed by atoms with Gasteiger partial charge in [0.15, 0.2) is 0 Å². The topological polar surface area (TPSA) is 43.8 Å². The lowest BCUT2D eigenvalue weighted by atomic mass is 10.2. The summed E-state index contributed by atoms with van der Waals surface area (Å²) in [5, 5.41) is 4.00. The number of aromatic nitrogens is 2. The van der Waals surface area contributed by atoms with Crippen molar-refractivity contribution in [3.8, 4) is 0 Å². The highest BCUT2D eigenvalue weighted by atomic mass is 19.1. The van der Waals surface area contributed by atoms with Gasteiger partial charge in [0.05, 0.1) is 12.2 Å². The lowest BCUT2D eigenvalue weighted by Gasteiger charge is -2.14. The van der Waals surface area contributed by atoms with Gasteiger partial charge in [-0.3, -0.25) is 0 Å². The maximum absolute atomic E-state index is 13.2. The highest BCUT2D eigenvalue weighted by molar-refractivity contribution is 5.27. The summed E-state index contributed by atoms with van der Waals surface area (Å²) in [4.78, 5) is 0. The van der Waals surface area contributed by atoms with Crippen LogP contribution in [0.25, 0.3) is 0 Å². The van der Waals surface area contributed by atoms with Gasteiger partial charge < -0.3 is 5.73 Å². The van der Waals surface area contributed by atoms with Gasteiger partial charge in [-0.2, -0.15) is 5.10 Å². The fourth-order valence-electron chi connectivity index (χ4n) is 1.77. The van der Waals surface area contributed by atoms with E-state index in [1.807, 2.05) is 0 Å². The Morgan fingerprint density at radius 3 is 2.92 bits per heavy atom. The van der Waals surface area contributed by atoms with Gasteiger partial charge in [0.1, 0.15) is 12.0 Å². The molecule has 0 bridgehead atoms. The predicted molar refractivity (Wildman–Crippen MR) is 44.4 cm³/mol. The molecule has 1 aromatic heterocycles. The van der Waals surface area contributed by atoms with E-state index in [0.29, 0.717) is 12.2 Å². The number of nitrogens with two attached hydrogens (primary N) is 1. The Morgan fingerprint density at radius 1 is 1.58 bits per heavy atom. The summed E-state index contributed by atoms with van der Waals surface area (Å²) in [6.07, 6.45) is 3.27. The van der Waals surface area contributed by atoms with E-state index in [9.17, 15) is 4.39 Å². The van der Waals surface area contributed by atoms with Crippen molar-refractivity contribution in [2.75, 3.05) is 5.73 Å². The zero-order valence-electron chi connectivity index (χ0n) is 6.78. The van der Waals surface area contributed by atoms with Gasteiger partial charge in [0.2, 0.25) is 0 Å². The molecule has 0 amide bonds. The molecular weight excluding hydrogens is 157 g/mol. The third-order valence-corrected chi connectivity index (χ3v) is 2.41. The molecule has 66 valence electrons. The van der Waals surface area contributed by atoms with Crippen LogP contribution in [0.15, 0.2) is 12.3 Å². The highest BCUT2D eigenvalue weighted by Crippen LogP contribution is 2.33. The largest absolute Gasteiger partial charge is 0.384 e. The van der Waals surface area contributed by atoms with Crippen LogP contribution >= 0.6 is 0 Å². The number of rotatable bonds is 1. The SMILES string of the molecule is Nc1ccnn1C1CCCC1F. The molecule has 2 unspecified atom stereocenters. The fourth-order valence-corrected chi connectivity index (χ4v) is 1.77. The Morgan fingerprint density at radius 2 is 2.42 bits per heavy atom. The van der Waals surface area contributed by atoms with Crippen molar-refractivity contribution in [2.45, 2.75) is 31.5 Å². The van der Waals surface area contributed by atoms with Gasteiger partial charge in [-0.15, -0.1) is 0 Å². The number of halogens is 1. The molecule has 12 heavy (non-hydrogen) atoms. The van der Waals surface area contributed by atoms with Crippen LogP contribution in [-0.2, 0) is 0 Å². The van der Waals surface area contributed by atoms with Crippen LogP contribution in [0.3, 0.4) is 0 Å². The summed E-state index contributed by atoms with van der Waals surface area (Å²) < 4.78 is 14.8. The Labute approximate surface area is 70.4 Å². The van der Waals surface area contributed by atoms with Crippen LogP contribution in [0.2, 0.25) is 0 Å². The minimum absolute atomic E-state index is 0.125. The van der Waals surface area contributed by atoms with Crippen LogP contribution in [0.5, 0.6) is 0 Å². The molecule has 2 N–H and O–H groups in total. The standard InChI is InChI=1S/C8H12FN3/c9-6-2-1-3-7(6)12-8(10)4-5-11-12/h4-7H,1-3,10H2. The molecule has 0 radical (unpaired) electrons. The minimum Gasteiger partial charge on any atom is -0.384 e. The first-order chi connectivity index (χ1) is 5.79. The molecule has 1 aromatic rings. The highest BCUT2D eigenvalue weighted by Gasteiger charge is 2.29. The second-order valence-corrected chi connectivity index (χ2v) is 3.21. The summed E-state index contributed by atoms with van der Waals surface area (Å²) in [6.45, 7) is 0. The van der Waals surface area contributed by atoms with Crippen LogP contribution < -0.4 is 5.73 Å². The zero-order valence-corrected chi connectivity index (χ0v) is 6.78. The number of alkyl halides is 1. The molecule has 1 saturated carbocycles. The Balaban J connectivity index is 2.24. The first-order valence-electron chi connectivity index (χ1n) is 4.22. The minimum atomic E-state index is -0.771. The van der Waals surface area contributed by atoms with Crippen molar-refractivity contribution in [1.29, 1.82) is 0 Å². The molecule has 1 aliphatic rings. The fraction of sp³-hybridized carbons (Fsp3) is 0.625. The van der Waals surface area contributed by atoms with Crippen LogP contribution in [-0.4, -0.2) is 16.0 Å². The maximum Gasteiger partial charge on any atom is 0.123 e. The molecule has 1 heterocycles. The summed E-state index contributed by atoms with van der Waals surface area (Å²) in [7, 11) is 0. The van der Waals surface area contributed by atoms with E-state index in [0.717, 1.165) is 12.8 Å². The first-order valence-corrected chi connectivity index (χ1v) is 4.22. The van der Waals surface area contributed by atoms with E-state index in [-0.39, 0.29) is 6.04 Å². The van der Waals surface area contributed by atoms with Gasteiger partial charge >= 0.3 is 0 Å². The van der Waals surface area contributed by atoms with E-state index >= 15 is 0 Å². The number of hydrogen-bond donors (Lipinski definition) is 1. The molecule has 1 fully saturated rings. The van der Waals surface area contributed by atoms with E-state index in [2.05, 4.69) is 5.10 Å². The van der Waals surface area contributed by atoms with Crippen LogP contribution in [0.4, 0.5) is 10.2 Å². The number of nitrogens with zero attached hydrogens (tertiary/aromatic N) is 2. The maximum atomic E-state index is 13.2. The Bertz CT molecular complexity index is 271. The monoisotopic (exact) mass is 169 g/mol. The molecule has 0 aliphatic heterocycles. The third-order valence-electron chi connectivity index (χ3n) is 2.41. The molecule has 0 saturated heterocycles. The summed E-state index contributed by atoms with van der Waals surface area (Å²) in [6, 6.07) is 1.57. The van der Waals surface area contributed by atoms with E-state index in [1.54, 1.807) is 16.9 Å². The van der Waals surface area contributed by atoms with Crippen LogP contribution in [0.1, 0.15) is 25.3 Å². The van der Waals surface area contributed by atoms with Crippen molar-refractivity contribution in [1.82, 2.24) is 9.78 Å². The summed E-state index contributed by atoms with van der Waals surface area (Å²) in [5.41, 5.74) is 5.62. The second kappa shape index (κ2) is 2.77. The van der Waals surface area contributed by atoms with Crippen molar-refractivity contribution in [3.63, 3.8) is 0 Å². The van der Waals surface area contributed by atoms with Crippen LogP contribution in [0, 0.1) is 0 Å². The number of anilines is 1. The molecule has 2 atom stereocenters.